The van der Waals surface area contributed by atoms with Gasteiger partial charge in [0.2, 0.25) is 17.6 Å². The van der Waals surface area contributed by atoms with E-state index in [1.807, 2.05) is 17.0 Å². The van der Waals surface area contributed by atoms with E-state index in [1.54, 1.807) is 12.4 Å². The lowest BCUT2D eigenvalue weighted by Gasteiger charge is -2.30. The summed E-state index contributed by atoms with van der Waals surface area (Å²) >= 11 is 0. The SMILES string of the molecule is O=C(CN1CCc2ccccc2C1)N1CCC[C@H]1c1nc(-c2ccncc2)no1. The van der Waals surface area contributed by atoms with E-state index < -0.39 is 0 Å². The second-order valence-electron chi connectivity index (χ2n) is 7.67. The van der Waals surface area contributed by atoms with Crippen LogP contribution in [0.3, 0.4) is 0 Å². The van der Waals surface area contributed by atoms with Crippen LogP contribution in [-0.2, 0) is 17.8 Å². The smallest absolute Gasteiger partial charge is 0.249 e. The molecule has 0 spiro atoms. The number of pyridine rings is 1. The van der Waals surface area contributed by atoms with Gasteiger partial charge in [0.15, 0.2) is 0 Å². The highest BCUT2D eigenvalue weighted by Gasteiger charge is 2.35. The molecule has 5 rings (SSSR count). The van der Waals surface area contributed by atoms with Crippen molar-refractivity contribution in [1.82, 2.24) is 24.9 Å². The van der Waals surface area contributed by atoms with Gasteiger partial charge in [0, 0.05) is 37.6 Å². The van der Waals surface area contributed by atoms with Gasteiger partial charge in [-0.3, -0.25) is 14.7 Å². The van der Waals surface area contributed by atoms with Crippen molar-refractivity contribution in [1.29, 1.82) is 0 Å². The Kier molecular flexibility index (Phi) is 4.81. The van der Waals surface area contributed by atoms with Crippen LogP contribution >= 0.6 is 0 Å². The molecule has 0 aliphatic carbocycles. The predicted octanol–water partition coefficient (Wildman–Crippen LogP) is 2.85. The Bertz CT molecular complexity index is 1000. The predicted molar refractivity (Wildman–Crippen MR) is 107 cm³/mol. The van der Waals surface area contributed by atoms with Gasteiger partial charge in [0.05, 0.1) is 6.54 Å². The molecule has 0 radical (unpaired) electrons. The Morgan fingerprint density at radius 2 is 1.93 bits per heavy atom. The summed E-state index contributed by atoms with van der Waals surface area (Å²) in [5.41, 5.74) is 3.58. The molecule has 29 heavy (non-hydrogen) atoms. The van der Waals surface area contributed by atoms with Crippen LogP contribution in [0.25, 0.3) is 11.4 Å². The van der Waals surface area contributed by atoms with Crippen LogP contribution in [0.15, 0.2) is 53.3 Å². The van der Waals surface area contributed by atoms with Crippen LogP contribution in [0.1, 0.15) is 35.9 Å². The van der Waals surface area contributed by atoms with E-state index in [2.05, 4.69) is 44.3 Å². The van der Waals surface area contributed by atoms with Crippen molar-refractivity contribution in [2.24, 2.45) is 0 Å². The Labute approximate surface area is 169 Å². The molecule has 4 heterocycles. The van der Waals surface area contributed by atoms with Crippen LogP contribution in [0, 0.1) is 0 Å². The molecule has 148 valence electrons. The fourth-order valence-corrected chi connectivity index (χ4v) is 4.28. The van der Waals surface area contributed by atoms with E-state index in [9.17, 15) is 4.79 Å². The lowest BCUT2D eigenvalue weighted by Crippen LogP contribution is -2.42. The number of amides is 1. The minimum absolute atomic E-state index is 0.135. The first-order valence-corrected chi connectivity index (χ1v) is 10.1. The zero-order valence-corrected chi connectivity index (χ0v) is 16.2. The van der Waals surface area contributed by atoms with E-state index in [0.29, 0.717) is 18.3 Å². The average Bonchev–Trinajstić information content (AvgIpc) is 3.44. The topological polar surface area (TPSA) is 75.4 Å². The number of carbonyl (C=O) groups is 1. The largest absolute Gasteiger partial charge is 0.337 e. The number of benzene rings is 1. The van der Waals surface area contributed by atoms with E-state index in [4.69, 9.17) is 4.52 Å². The minimum atomic E-state index is -0.136. The first kappa shape index (κ1) is 18.0. The van der Waals surface area contributed by atoms with Gasteiger partial charge >= 0.3 is 0 Å². The third kappa shape index (κ3) is 3.65. The summed E-state index contributed by atoms with van der Waals surface area (Å²) in [6, 6.07) is 12.0. The van der Waals surface area contributed by atoms with Crippen molar-refractivity contribution in [3.05, 3.63) is 65.8 Å². The molecule has 7 nitrogen and oxygen atoms in total. The summed E-state index contributed by atoms with van der Waals surface area (Å²) in [7, 11) is 0. The normalized spacial score (nSPS) is 19.3. The van der Waals surface area contributed by atoms with Crippen molar-refractivity contribution in [2.75, 3.05) is 19.6 Å². The van der Waals surface area contributed by atoms with E-state index in [0.717, 1.165) is 44.5 Å². The average molecular weight is 389 g/mol. The molecule has 1 aromatic carbocycles. The Balaban J connectivity index is 1.27. The Hall–Kier alpha value is -3.06. The van der Waals surface area contributed by atoms with Crippen LogP contribution < -0.4 is 0 Å². The standard InChI is InChI=1S/C22H23N5O2/c28-20(15-26-13-9-16-4-1-2-5-18(16)14-26)27-12-3-6-19(27)22-24-21(25-29-22)17-7-10-23-11-8-17/h1-2,4-5,7-8,10-11,19H,3,6,9,12-15H2/t19-/m0/s1. The van der Waals surface area contributed by atoms with Gasteiger partial charge in [-0.2, -0.15) is 4.98 Å². The van der Waals surface area contributed by atoms with Crippen molar-refractivity contribution in [3.63, 3.8) is 0 Å². The molecule has 0 saturated carbocycles. The molecule has 0 unspecified atom stereocenters. The molecule has 2 aromatic heterocycles. The second kappa shape index (κ2) is 7.75. The zero-order valence-electron chi connectivity index (χ0n) is 16.2. The summed E-state index contributed by atoms with van der Waals surface area (Å²) in [5.74, 6) is 1.19. The fourth-order valence-electron chi connectivity index (χ4n) is 4.28. The highest BCUT2D eigenvalue weighted by atomic mass is 16.5. The third-order valence-electron chi connectivity index (χ3n) is 5.81. The highest BCUT2D eigenvalue weighted by Crippen LogP contribution is 2.32. The lowest BCUT2D eigenvalue weighted by atomic mass is 10.00. The molecule has 1 fully saturated rings. The zero-order chi connectivity index (χ0) is 19.6. The quantitative estimate of drug-likeness (QED) is 0.683. The number of hydrogen-bond acceptors (Lipinski definition) is 6. The van der Waals surface area contributed by atoms with Gasteiger partial charge in [-0.1, -0.05) is 29.4 Å². The van der Waals surface area contributed by atoms with Gasteiger partial charge in [0.25, 0.3) is 0 Å². The summed E-state index contributed by atoms with van der Waals surface area (Å²) in [6.45, 7) is 2.90. The number of fused-ring (bicyclic) bond motifs is 1. The maximum atomic E-state index is 13.1. The van der Waals surface area contributed by atoms with Crippen LogP contribution in [0.4, 0.5) is 0 Å². The Morgan fingerprint density at radius 1 is 1.10 bits per heavy atom. The summed E-state index contributed by atoms with van der Waals surface area (Å²) in [6.07, 6.45) is 6.20. The first-order valence-electron chi connectivity index (χ1n) is 10.1. The molecular weight excluding hydrogens is 366 g/mol. The lowest BCUT2D eigenvalue weighted by molar-refractivity contribution is -0.134. The second-order valence-corrected chi connectivity index (χ2v) is 7.67. The van der Waals surface area contributed by atoms with Gasteiger partial charge in [-0.15, -0.1) is 0 Å². The molecule has 2 aliphatic rings. The molecule has 2 aliphatic heterocycles. The van der Waals surface area contributed by atoms with Crippen molar-refractivity contribution < 1.29 is 9.32 Å². The number of likely N-dealkylation sites (tertiary alicyclic amines) is 1. The molecule has 0 N–H and O–H groups in total. The van der Waals surface area contributed by atoms with Gasteiger partial charge < -0.3 is 9.42 Å². The van der Waals surface area contributed by atoms with Crippen LogP contribution in [0.2, 0.25) is 0 Å². The van der Waals surface area contributed by atoms with E-state index >= 15 is 0 Å². The molecule has 1 atom stereocenters. The molecule has 3 aromatic rings. The van der Waals surface area contributed by atoms with Gasteiger partial charge in [-0.25, -0.2) is 0 Å². The van der Waals surface area contributed by atoms with Gasteiger partial charge in [0.1, 0.15) is 6.04 Å². The fraction of sp³-hybridized carbons (Fsp3) is 0.364. The van der Waals surface area contributed by atoms with E-state index in [1.165, 1.54) is 11.1 Å². The third-order valence-corrected chi connectivity index (χ3v) is 5.81. The maximum absolute atomic E-state index is 13.1. The van der Waals surface area contributed by atoms with Crippen LogP contribution in [-0.4, -0.2) is 50.5 Å². The van der Waals surface area contributed by atoms with Crippen molar-refractivity contribution in [2.45, 2.75) is 31.8 Å². The number of aromatic nitrogens is 3. The van der Waals surface area contributed by atoms with E-state index in [-0.39, 0.29) is 11.9 Å². The maximum Gasteiger partial charge on any atom is 0.249 e. The monoisotopic (exact) mass is 389 g/mol. The first-order chi connectivity index (χ1) is 14.3. The summed E-state index contributed by atoms with van der Waals surface area (Å²) < 4.78 is 5.53. The molecule has 1 amide bonds. The number of nitrogens with zero attached hydrogens (tertiary/aromatic N) is 5. The summed E-state index contributed by atoms with van der Waals surface area (Å²) in [4.78, 5) is 25.8. The highest BCUT2D eigenvalue weighted by molar-refractivity contribution is 5.79. The number of rotatable bonds is 4. The van der Waals surface area contributed by atoms with Crippen molar-refractivity contribution >= 4 is 5.91 Å². The Morgan fingerprint density at radius 3 is 2.79 bits per heavy atom. The number of carbonyl (C=O) groups excluding carboxylic acids is 1. The van der Waals surface area contributed by atoms with Crippen molar-refractivity contribution in [3.8, 4) is 11.4 Å². The molecular formula is C22H23N5O2. The number of hydrogen-bond donors (Lipinski definition) is 0. The molecule has 1 saturated heterocycles. The molecule has 0 bridgehead atoms. The summed E-state index contributed by atoms with van der Waals surface area (Å²) in [5, 5.41) is 4.10. The van der Waals surface area contributed by atoms with Gasteiger partial charge in [-0.05, 0) is 42.5 Å². The molecule has 7 heteroatoms. The minimum Gasteiger partial charge on any atom is -0.337 e. The van der Waals surface area contributed by atoms with Crippen LogP contribution in [0.5, 0.6) is 0 Å².